The molecule has 76 heavy (non-hydrogen) atoms. The molecule has 3 saturated heterocycles. The first-order valence-electron chi connectivity index (χ1n) is 26.3. The lowest BCUT2D eigenvalue weighted by atomic mass is 9.72. The van der Waals surface area contributed by atoms with Crippen molar-refractivity contribution in [3.05, 3.63) is 105 Å². The molecule has 4 amide bonds. The number of benzene rings is 3. The Labute approximate surface area is 442 Å². The molecule has 4 fully saturated rings. The fourth-order valence-electron chi connectivity index (χ4n) is 12.8. The number of fused-ring (bicyclic) bond motifs is 2. The lowest BCUT2D eigenvalue weighted by molar-refractivity contribution is -0.145. The molecule has 5 aliphatic rings. The number of carbonyl (C=O) groups is 4. The van der Waals surface area contributed by atoms with Crippen molar-refractivity contribution in [1.29, 1.82) is 0 Å². The molecule has 0 bridgehead atoms. The fraction of sp³-hybridized carbons (Fsp3) is 0.500. The van der Waals surface area contributed by atoms with E-state index in [1.807, 2.05) is 42.2 Å². The summed E-state index contributed by atoms with van der Waals surface area (Å²) < 4.78 is 78.0. The fourth-order valence-corrected chi connectivity index (χ4v) is 13.0. The van der Waals surface area contributed by atoms with Gasteiger partial charge in [-0.05, 0) is 94.3 Å². The number of aliphatic hydroxyl groups excluding tert-OH is 1. The number of aromatic nitrogens is 3. The number of ether oxygens (including phenoxy) is 2. The Morgan fingerprint density at radius 1 is 0.947 bits per heavy atom. The number of nitrogens with two attached hydrogens (primary N) is 1. The van der Waals surface area contributed by atoms with Gasteiger partial charge in [-0.2, -0.15) is 5.10 Å². The van der Waals surface area contributed by atoms with E-state index >= 15 is 17.6 Å². The Hall–Kier alpha value is -6.15. The van der Waals surface area contributed by atoms with E-state index in [-0.39, 0.29) is 94.4 Å². The number of aryl methyl sites for hydroxylation is 1. The standard InChI is InChI=1S/C56H63ClF4N8O7/c1-30-42-40(26-39(59)46(57)45(42)44-37(51(62)72)27-63-53(48(44)61)75-24-23-70)76-56(30,33-7-5-4-6-8-33)29-64-34-11-17-55(2,18-12-34)54(74)69-21-13-31(14-22-69)28-68-19-15-32(16-20-68)43-38(58)25-36-49(66-67(3)50(36)47(43)60)35-9-10-41(71)65-52(35)73/h4-8,25-27,30-32,34-35,64,70H,9-24,28-29H2,1-3H3,(H2,62,72)(H,65,71,73)/t30-,34?,35?,55?,56-/m0/s1. The van der Waals surface area contributed by atoms with Crippen molar-refractivity contribution in [3.8, 4) is 22.8 Å². The number of piperidine rings is 3. The van der Waals surface area contributed by atoms with E-state index in [0.29, 0.717) is 76.2 Å². The van der Waals surface area contributed by atoms with Crippen molar-refractivity contribution in [2.75, 3.05) is 52.5 Å². The lowest BCUT2D eigenvalue weighted by Gasteiger charge is -2.43. The molecule has 0 radical (unpaired) electrons. The van der Waals surface area contributed by atoms with Gasteiger partial charge in [0.05, 0.1) is 28.8 Å². The Morgan fingerprint density at radius 2 is 1.66 bits per heavy atom. The highest BCUT2D eigenvalue weighted by atomic mass is 35.5. The third-order valence-electron chi connectivity index (χ3n) is 17.1. The maximum atomic E-state index is 16.5. The van der Waals surface area contributed by atoms with Crippen LogP contribution in [-0.4, -0.2) is 112 Å². The van der Waals surface area contributed by atoms with E-state index in [9.17, 15) is 24.3 Å². The first-order chi connectivity index (χ1) is 36.4. The number of pyridine rings is 1. The van der Waals surface area contributed by atoms with E-state index in [0.717, 1.165) is 31.1 Å². The molecule has 1 aliphatic carbocycles. The number of nitrogens with one attached hydrogen (secondary N) is 2. The molecule has 3 aromatic carbocycles. The molecule has 2 aromatic heterocycles. The van der Waals surface area contributed by atoms with Crippen molar-refractivity contribution in [3.63, 3.8) is 0 Å². The molecular formula is C56H63ClF4N8O7. The highest BCUT2D eigenvalue weighted by molar-refractivity contribution is 6.34. The number of amides is 4. The molecule has 20 heteroatoms. The number of carbonyl (C=O) groups excluding carboxylic acids is 4. The summed E-state index contributed by atoms with van der Waals surface area (Å²) in [4.78, 5) is 59.7. The topological polar surface area (TPSA) is 194 Å². The van der Waals surface area contributed by atoms with Gasteiger partial charge in [0, 0.05) is 96.9 Å². The molecule has 5 aromatic rings. The van der Waals surface area contributed by atoms with Crippen molar-refractivity contribution < 1.29 is 51.3 Å². The number of imide groups is 1. The summed E-state index contributed by atoms with van der Waals surface area (Å²) >= 11 is 6.71. The largest absolute Gasteiger partial charge is 0.480 e. The molecule has 4 aliphatic heterocycles. The van der Waals surface area contributed by atoms with Crippen molar-refractivity contribution in [2.45, 2.75) is 107 Å². The van der Waals surface area contributed by atoms with Crippen molar-refractivity contribution in [1.82, 2.24) is 35.2 Å². The molecule has 1 saturated carbocycles. The van der Waals surface area contributed by atoms with Crippen LogP contribution in [0.5, 0.6) is 11.6 Å². The van der Waals surface area contributed by atoms with Gasteiger partial charge in [-0.15, -0.1) is 0 Å². The molecule has 6 heterocycles. The van der Waals surface area contributed by atoms with Crippen LogP contribution >= 0.6 is 11.6 Å². The van der Waals surface area contributed by atoms with Crippen LogP contribution in [0.1, 0.15) is 129 Å². The second-order valence-corrected chi connectivity index (χ2v) is 22.0. The van der Waals surface area contributed by atoms with Crippen LogP contribution in [0.4, 0.5) is 17.6 Å². The predicted molar refractivity (Wildman–Crippen MR) is 275 cm³/mol. The number of rotatable bonds is 14. The zero-order chi connectivity index (χ0) is 53.8. The van der Waals surface area contributed by atoms with Crippen molar-refractivity contribution in [2.24, 2.45) is 24.1 Å². The molecule has 1 unspecified atom stereocenters. The Kier molecular flexibility index (Phi) is 15.0. The SMILES string of the molecule is C[C@H]1c2c(cc(F)c(Cl)c2-c2c(C(N)=O)cnc(OCCO)c2F)O[C@]1(CNC1CCC(C)(C(=O)N2CCC(CN3CCC(c4c(F)cc5c(C6CCC(=O)NC6=O)nn(C)c5c4F)CC3)CC2)CC1)c1ccccc1. The number of halogens is 5. The summed E-state index contributed by atoms with van der Waals surface area (Å²) in [6, 6.07) is 11.9. The van der Waals surface area contributed by atoms with E-state index in [4.69, 9.17) is 26.8 Å². The van der Waals surface area contributed by atoms with Gasteiger partial charge in [-0.3, -0.25) is 29.2 Å². The number of primary amides is 1. The number of hydrogen-bond donors (Lipinski definition) is 4. The molecule has 0 spiro atoms. The van der Waals surface area contributed by atoms with Crippen LogP contribution in [0.3, 0.4) is 0 Å². The summed E-state index contributed by atoms with van der Waals surface area (Å²) in [5.41, 5.74) is 4.79. The first-order valence-corrected chi connectivity index (χ1v) is 26.7. The van der Waals surface area contributed by atoms with Crippen LogP contribution in [-0.2, 0) is 27.0 Å². The van der Waals surface area contributed by atoms with Gasteiger partial charge < -0.3 is 35.4 Å². The first kappa shape index (κ1) is 53.3. The Bertz CT molecular complexity index is 3080. The summed E-state index contributed by atoms with van der Waals surface area (Å²) in [5.74, 6) is -6.77. The van der Waals surface area contributed by atoms with E-state index in [2.05, 4.69) is 32.5 Å². The van der Waals surface area contributed by atoms with E-state index in [1.54, 1.807) is 7.05 Å². The van der Waals surface area contributed by atoms with Gasteiger partial charge in [0.15, 0.2) is 17.2 Å². The van der Waals surface area contributed by atoms with Crippen LogP contribution in [0, 0.1) is 34.6 Å². The van der Waals surface area contributed by atoms with Crippen LogP contribution < -0.4 is 25.8 Å². The zero-order valence-electron chi connectivity index (χ0n) is 42.8. The minimum atomic E-state index is -1.16. The lowest BCUT2D eigenvalue weighted by Crippen LogP contribution is -2.51. The summed E-state index contributed by atoms with van der Waals surface area (Å²) in [7, 11) is 1.58. The van der Waals surface area contributed by atoms with Gasteiger partial charge in [-0.1, -0.05) is 55.8 Å². The normalized spacial score (nSPS) is 24.6. The van der Waals surface area contributed by atoms with Gasteiger partial charge in [-0.25, -0.2) is 22.5 Å². The summed E-state index contributed by atoms with van der Waals surface area (Å²) in [6.45, 7) is 6.99. The highest BCUT2D eigenvalue weighted by Crippen LogP contribution is 2.57. The highest BCUT2D eigenvalue weighted by Gasteiger charge is 2.51. The predicted octanol–water partition coefficient (Wildman–Crippen LogP) is 7.88. The second kappa shape index (κ2) is 21.3. The monoisotopic (exact) mass is 1070 g/mol. The Morgan fingerprint density at radius 3 is 2.33 bits per heavy atom. The van der Waals surface area contributed by atoms with Crippen LogP contribution in [0.25, 0.3) is 22.0 Å². The molecule has 10 rings (SSSR count). The number of likely N-dealkylation sites (tertiary alicyclic amines) is 2. The summed E-state index contributed by atoms with van der Waals surface area (Å²) in [6.07, 6.45) is 7.02. The Balaban J connectivity index is 0.751. The van der Waals surface area contributed by atoms with Gasteiger partial charge >= 0.3 is 0 Å². The maximum absolute atomic E-state index is 16.5. The minimum Gasteiger partial charge on any atom is -0.480 e. The molecular weight excluding hydrogens is 1010 g/mol. The number of aliphatic hydroxyl groups is 1. The summed E-state index contributed by atoms with van der Waals surface area (Å²) in [5, 5.41) is 19.6. The van der Waals surface area contributed by atoms with Crippen LogP contribution in [0.2, 0.25) is 5.02 Å². The van der Waals surface area contributed by atoms with E-state index < -0.39 is 75.4 Å². The van der Waals surface area contributed by atoms with Gasteiger partial charge in [0.1, 0.15) is 29.5 Å². The maximum Gasteiger partial charge on any atom is 0.251 e. The smallest absolute Gasteiger partial charge is 0.251 e. The molecule has 404 valence electrons. The molecule has 3 atom stereocenters. The van der Waals surface area contributed by atoms with Gasteiger partial charge in [0.2, 0.25) is 17.7 Å². The van der Waals surface area contributed by atoms with Crippen molar-refractivity contribution >= 4 is 46.1 Å². The van der Waals surface area contributed by atoms with Gasteiger partial charge in [0.25, 0.3) is 11.8 Å². The number of hydrogen-bond acceptors (Lipinski definition) is 11. The zero-order valence-corrected chi connectivity index (χ0v) is 43.6. The quantitative estimate of drug-likeness (QED) is 0.0625. The third-order valence-corrected chi connectivity index (χ3v) is 17.4. The average molecular weight is 1070 g/mol. The third kappa shape index (κ3) is 9.69. The second-order valence-electron chi connectivity index (χ2n) is 21.7. The number of nitrogens with zero attached hydrogens (tertiary/aromatic N) is 5. The van der Waals surface area contributed by atoms with E-state index in [1.165, 1.54) is 16.8 Å². The van der Waals surface area contributed by atoms with Crippen LogP contribution in [0.15, 0.2) is 48.7 Å². The average Bonchev–Trinajstić information content (AvgIpc) is 3.94. The molecule has 15 nitrogen and oxygen atoms in total. The molecule has 5 N–H and O–H groups in total. The minimum absolute atomic E-state index is 0.00451.